The average Bonchev–Trinajstić information content (AvgIpc) is 2.93. The standard InChI is InChI=1S/C15H22N2O2/c16-11-13-8-9-17(12-13)15(18)7-4-10-19-14-5-2-1-3-6-14/h1-3,5-6,13H,4,7-12,16H2. The Morgan fingerprint density at radius 3 is 2.84 bits per heavy atom. The monoisotopic (exact) mass is 262 g/mol. The van der Waals surface area contributed by atoms with E-state index in [1.807, 2.05) is 35.2 Å². The molecular weight excluding hydrogens is 240 g/mol. The van der Waals surface area contributed by atoms with E-state index in [0.29, 0.717) is 25.5 Å². The number of para-hydroxylation sites is 1. The van der Waals surface area contributed by atoms with E-state index in [1.165, 1.54) is 0 Å². The van der Waals surface area contributed by atoms with Crippen LogP contribution in [0.5, 0.6) is 5.75 Å². The highest BCUT2D eigenvalue weighted by atomic mass is 16.5. The number of benzene rings is 1. The van der Waals surface area contributed by atoms with E-state index in [9.17, 15) is 4.79 Å². The average molecular weight is 262 g/mol. The maximum Gasteiger partial charge on any atom is 0.222 e. The number of nitrogens with two attached hydrogens (primary N) is 1. The predicted molar refractivity (Wildman–Crippen MR) is 74.9 cm³/mol. The van der Waals surface area contributed by atoms with Crippen LogP contribution in [0.4, 0.5) is 0 Å². The zero-order chi connectivity index (χ0) is 13.5. The van der Waals surface area contributed by atoms with Crippen molar-refractivity contribution in [2.24, 2.45) is 11.7 Å². The number of ether oxygens (including phenoxy) is 1. The van der Waals surface area contributed by atoms with Gasteiger partial charge in [-0.25, -0.2) is 0 Å². The van der Waals surface area contributed by atoms with Gasteiger partial charge in [0.25, 0.3) is 0 Å². The third kappa shape index (κ3) is 4.24. The minimum absolute atomic E-state index is 0.229. The number of hydrogen-bond donors (Lipinski definition) is 1. The Labute approximate surface area is 114 Å². The van der Waals surface area contributed by atoms with E-state index >= 15 is 0 Å². The highest BCUT2D eigenvalue weighted by Crippen LogP contribution is 2.16. The Morgan fingerprint density at radius 1 is 1.37 bits per heavy atom. The molecule has 1 fully saturated rings. The summed E-state index contributed by atoms with van der Waals surface area (Å²) in [6.45, 7) is 2.96. The van der Waals surface area contributed by atoms with Gasteiger partial charge in [0.1, 0.15) is 5.75 Å². The number of amides is 1. The second-order valence-corrected chi connectivity index (χ2v) is 5.00. The molecule has 2 N–H and O–H groups in total. The molecule has 0 radical (unpaired) electrons. The molecule has 0 aromatic heterocycles. The second kappa shape index (κ2) is 7.14. The van der Waals surface area contributed by atoms with Crippen LogP contribution in [0.1, 0.15) is 19.3 Å². The first-order chi connectivity index (χ1) is 9.29. The van der Waals surface area contributed by atoms with Gasteiger partial charge in [0.05, 0.1) is 6.61 Å². The number of carbonyl (C=O) groups excluding carboxylic acids is 1. The number of nitrogens with zero attached hydrogens (tertiary/aromatic N) is 1. The number of likely N-dealkylation sites (tertiary alicyclic amines) is 1. The Bertz CT molecular complexity index is 394. The van der Waals surface area contributed by atoms with Crippen molar-refractivity contribution in [1.82, 2.24) is 4.90 Å². The lowest BCUT2D eigenvalue weighted by atomic mass is 10.1. The highest BCUT2D eigenvalue weighted by Gasteiger charge is 2.24. The fraction of sp³-hybridized carbons (Fsp3) is 0.533. The van der Waals surface area contributed by atoms with E-state index in [4.69, 9.17) is 10.5 Å². The van der Waals surface area contributed by atoms with Crippen molar-refractivity contribution < 1.29 is 9.53 Å². The van der Waals surface area contributed by atoms with Crippen LogP contribution < -0.4 is 10.5 Å². The van der Waals surface area contributed by atoms with Crippen LogP contribution >= 0.6 is 0 Å². The summed E-state index contributed by atoms with van der Waals surface area (Å²) in [5.74, 6) is 1.58. The highest BCUT2D eigenvalue weighted by molar-refractivity contribution is 5.76. The van der Waals surface area contributed by atoms with Gasteiger partial charge in [-0.3, -0.25) is 4.79 Å². The largest absolute Gasteiger partial charge is 0.494 e. The summed E-state index contributed by atoms with van der Waals surface area (Å²) >= 11 is 0. The molecule has 1 aliphatic heterocycles. The van der Waals surface area contributed by atoms with Crippen molar-refractivity contribution in [1.29, 1.82) is 0 Å². The van der Waals surface area contributed by atoms with Gasteiger partial charge < -0.3 is 15.4 Å². The van der Waals surface area contributed by atoms with Gasteiger partial charge in [0.2, 0.25) is 5.91 Å². The molecule has 19 heavy (non-hydrogen) atoms. The Morgan fingerprint density at radius 2 is 2.16 bits per heavy atom. The molecule has 1 saturated heterocycles. The van der Waals surface area contributed by atoms with Gasteiger partial charge in [-0.1, -0.05) is 18.2 Å². The van der Waals surface area contributed by atoms with Crippen molar-refractivity contribution in [2.45, 2.75) is 19.3 Å². The molecular formula is C15H22N2O2. The summed E-state index contributed by atoms with van der Waals surface area (Å²) in [5, 5.41) is 0. The van der Waals surface area contributed by atoms with Gasteiger partial charge in [0, 0.05) is 19.5 Å². The topological polar surface area (TPSA) is 55.6 Å². The summed E-state index contributed by atoms with van der Waals surface area (Å²) in [6.07, 6.45) is 2.37. The maximum absolute atomic E-state index is 11.9. The summed E-state index contributed by atoms with van der Waals surface area (Å²) < 4.78 is 5.57. The maximum atomic E-state index is 11.9. The number of hydrogen-bond acceptors (Lipinski definition) is 3. The van der Waals surface area contributed by atoms with Crippen LogP contribution in [0.2, 0.25) is 0 Å². The summed E-state index contributed by atoms with van der Waals surface area (Å²) in [6, 6.07) is 9.69. The van der Waals surface area contributed by atoms with Gasteiger partial charge >= 0.3 is 0 Å². The molecule has 104 valence electrons. The number of rotatable bonds is 6. The van der Waals surface area contributed by atoms with Crippen molar-refractivity contribution >= 4 is 5.91 Å². The second-order valence-electron chi connectivity index (χ2n) is 5.00. The Balaban J connectivity index is 1.62. The summed E-state index contributed by atoms with van der Waals surface area (Å²) in [7, 11) is 0. The van der Waals surface area contributed by atoms with E-state index in [0.717, 1.165) is 31.7 Å². The molecule has 1 aliphatic rings. The zero-order valence-electron chi connectivity index (χ0n) is 11.3. The third-order valence-electron chi connectivity index (χ3n) is 3.52. The molecule has 0 aliphatic carbocycles. The fourth-order valence-corrected chi connectivity index (χ4v) is 2.34. The molecule has 0 saturated carbocycles. The van der Waals surface area contributed by atoms with Crippen molar-refractivity contribution in [3.05, 3.63) is 30.3 Å². The van der Waals surface area contributed by atoms with Crippen LogP contribution in [-0.2, 0) is 4.79 Å². The third-order valence-corrected chi connectivity index (χ3v) is 3.52. The van der Waals surface area contributed by atoms with Crippen LogP contribution in [0.3, 0.4) is 0 Å². The van der Waals surface area contributed by atoms with Gasteiger partial charge in [-0.05, 0) is 37.4 Å². The van der Waals surface area contributed by atoms with Crippen LogP contribution in [0.25, 0.3) is 0 Å². The van der Waals surface area contributed by atoms with Crippen molar-refractivity contribution in [2.75, 3.05) is 26.2 Å². The molecule has 2 rings (SSSR count). The van der Waals surface area contributed by atoms with Gasteiger partial charge in [-0.15, -0.1) is 0 Å². The summed E-state index contributed by atoms with van der Waals surface area (Å²) in [4.78, 5) is 13.9. The van der Waals surface area contributed by atoms with Crippen molar-refractivity contribution in [3.8, 4) is 5.75 Å². The zero-order valence-corrected chi connectivity index (χ0v) is 11.3. The van der Waals surface area contributed by atoms with Crippen LogP contribution in [0.15, 0.2) is 30.3 Å². The normalized spacial score (nSPS) is 18.6. The minimum Gasteiger partial charge on any atom is -0.494 e. The van der Waals surface area contributed by atoms with E-state index in [1.54, 1.807) is 0 Å². The van der Waals surface area contributed by atoms with Crippen LogP contribution in [0, 0.1) is 5.92 Å². The predicted octanol–water partition coefficient (Wildman–Crippen LogP) is 1.65. The van der Waals surface area contributed by atoms with Gasteiger partial charge in [-0.2, -0.15) is 0 Å². The van der Waals surface area contributed by atoms with E-state index < -0.39 is 0 Å². The molecule has 0 bridgehead atoms. The SMILES string of the molecule is NCC1CCN(C(=O)CCCOc2ccccc2)C1. The lowest BCUT2D eigenvalue weighted by Gasteiger charge is -2.16. The molecule has 0 spiro atoms. The molecule has 4 nitrogen and oxygen atoms in total. The molecule has 4 heteroatoms. The smallest absolute Gasteiger partial charge is 0.222 e. The first-order valence-corrected chi connectivity index (χ1v) is 6.95. The molecule has 1 unspecified atom stereocenters. The Kier molecular flexibility index (Phi) is 5.21. The lowest BCUT2D eigenvalue weighted by molar-refractivity contribution is -0.130. The Hall–Kier alpha value is -1.55. The molecule has 1 aromatic carbocycles. The molecule has 1 aromatic rings. The fourth-order valence-electron chi connectivity index (χ4n) is 2.34. The molecule has 1 amide bonds. The van der Waals surface area contributed by atoms with E-state index in [2.05, 4.69) is 0 Å². The lowest BCUT2D eigenvalue weighted by Crippen LogP contribution is -2.29. The van der Waals surface area contributed by atoms with E-state index in [-0.39, 0.29) is 5.91 Å². The van der Waals surface area contributed by atoms with Crippen molar-refractivity contribution in [3.63, 3.8) is 0 Å². The molecule has 1 heterocycles. The first-order valence-electron chi connectivity index (χ1n) is 6.95. The summed E-state index contributed by atoms with van der Waals surface area (Å²) in [5.41, 5.74) is 5.62. The number of carbonyl (C=O) groups is 1. The quantitative estimate of drug-likeness (QED) is 0.793. The van der Waals surface area contributed by atoms with Gasteiger partial charge in [0.15, 0.2) is 0 Å². The molecule has 1 atom stereocenters. The first kappa shape index (κ1) is 13.9. The minimum atomic E-state index is 0.229. The van der Waals surface area contributed by atoms with Crippen LogP contribution in [-0.4, -0.2) is 37.0 Å².